The third kappa shape index (κ3) is 2.12. The number of rotatable bonds is 2. The van der Waals surface area contributed by atoms with Gasteiger partial charge in [-0.2, -0.15) is 0 Å². The van der Waals surface area contributed by atoms with Gasteiger partial charge in [-0.15, -0.1) is 23.7 Å². The fourth-order valence-electron chi connectivity index (χ4n) is 1.97. The zero-order chi connectivity index (χ0) is 13.3. The summed E-state index contributed by atoms with van der Waals surface area (Å²) in [6.07, 6.45) is 5.69. The minimum Gasteiger partial charge on any atom is -0.465 e. The average Bonchev–Trinajstić information content (AvgIpc) is 2.91. The Bertz CT molecular complexity index is 541. The van der Waals surface area contributed by atoms with Gasteiger partial charge >= 0.3 is 5.97 Å². The number of nitrogens with zero attached hydrogens (tertiary/aromatic N) is 1. The quantitative estimate of drug-likeness (QED) is 0.604. The lowest BCUT2D eigenvalue weighted by molar-refractivity contribution is -0.117. The predicted molar refractivity (Wildman–Crippen MR) is 69.7 cm³/mol. The van der Waals surface area contributed by atoms with E-state index in [4.69, 9.17) is 11.2 Å². The number of amides is 1. The molecule has 1 saturated heterocycles. The highest BCUT2D eigenvalue weighted by molar-refractivity contribution is 7.16. The van der Waals surface area contributed by atoms with E-state index in [1.807, 2.05) is 6.92 Å². The van der Waals surface area contributed by atoms with Gasteiger partial charge in [0.25, 0.3) is 0 Å². The van der Waals surface area contributed by atoms with E-state index in [1.54, 1.807) is 11.0 Å². The Morgan fingerprint density at radius 3 is 2.94 bits per heavy atom. The molecule has 1 aliphatic rings. The van der Waals surface area contributed by atoms with Crippen molar-refractivity contribution in [3.63, 3.8) is 0 Å². The van der Waals surface area contributed by atoms with Crippen molar-refractivity contribution in [1.29, 1.82) is 0 Å². The fraction of sp³-hybridized carbons (Fsp3) is 0.385. The Hall–Kier alpha value is -1.80. The maximum Gasteiger partial charge on any atom is 0.340 e. The maximum atomic E-state index is 11.9. The molecule has 0 aromatic carbocycles. The number of thiophene rings is 1. The molecule has 0 radical (unpaired) electrons. The molecule has 1 unspecified atom stereocenters. The number of ether oxygens (including phenoxy) is 1. The summed E-state index contributed by atoms with van der Waals surface area (Å²) < 4.78 is 4.73. The van der Waals surface area contributed by atoms with E-state index in [2.05, 4.69) is 5.92 Å². The van der Waals surface area contributed by atoms with Gasteiger partial charge < -0.3 is 9.64 Å². The van der Waals surface area contributed by atoms with Crippen LogP contribution in [0.1, 0.15) is 21.7 Å². The van der Waals surface area contributed by atoms with Crippen molar-refractivity contribution >= 4 is 28.2 Å². The normalized spacial score (nSPS) is 18.8. The summed E-state index contributed by atoms with van der Waals surface area (Å²) in [5.74, 6) is 2.05. The Balaban J connectivity index is 2.37. The van der Waals surface area contributed by atoms with Crippen molar-refractivity contribution in [2.24, 2.45) is 5.92 Å². The van der Waals surface area contributed by atoms with Crippen LogP contribution < -0.4 is 4.90 Å². The number of aryl methyl sites for hydroxylation is 1. The molecule has 1 aromatic heterocycles. The minimum absolute atomic E-state index is 0.0371. The first-order valence-corrected chi connectivity index (χ1v) is 6.33. The largest absolute Gasteiger partial charge is 0.465 e. The van der Waals surface area contributed by atoms with Crippen LogP contribution in [0.3, 0.4) is 0 Å². The van der Waals surface area contributed by atoms with Crippen LogP contribution >= 0.6 is 11.3 Å². The molecule has 1 aliphatic heterocycles. The molecule has 0 aliphatic carbocycles. The predicted octanol–water partition coefficient (Wildman–Crippen LogP) is 1.83. The van der Waals surface area contributed by atoms with Gasteiger partial charge in [-0.1, -0.05) is 0 Å². The second-order valence-corrected chi connectivity index (χ2v) is 5.37. The maximum absolute atomic E-state index is 11.9. The van der Waals surface area contributed by atoms with E-state index in [1.165, 1.54) is 18.4 Å². The molecule has 1 amide bonds. The second kappa shape index (κ2) is 4.83. The first-order valence-electron chi connectivity index (χ1n) is 5.52. The summed E-state index contributed by atoms with van der Waals surface area (Å²) in [6.45, 7) is 2.36. The summed E-state index contributed by atoms with van der Waals surface area (Å²) in [5.41, 5.74) is 0.436. The fourth-order valence-corrected chi connectivity index (χ4v) is 2.99. The van der Waals surface area contributed by atoms with Crippen molar-refractivity contribution in [2.45, 2.75) is 13.3 Å². The smallest absolute Gasteiger partial charge is 0.340 e. The third-order valence-electron chi connectivity index (χ3n) is 2.85. The highest BCUT2D eigenvalue weighted by Crippen LogP contribution is 2.35. The monoisotopic (exact) mass is 263 g/mol. The molecule has 94 valence electrons. The molecule has 1 atom stereocenters. The van der Waals surface area contributed by atoms with Crippen molar-refractivity contribution in [3.05, 3.63) is 16.5 Å². The Kier molecular flexibility index (Phi) is 3.39. The molecule has 0 N–H and O–H groups in total. The molecule has 2 rings (SSSR count). The average molecular weight is 263 g/mol. The molecule has 18 heavy (non-hydrogen) atoms. The van der Waals surface area contributed by atoms with E-state index in [9.17, 15) is 9.59 Å². The number of carbonyl (C=O) groups is 2. The van der Waals surface area contributed by atoms with Crippen LogP contribution in [0.4, 0.5) is 5.00 Å². The van der Waals surface area contributed by atoms with Crippen LogP contribution in [0.25, 0.3) is 0 Å². The molecule has 0 saturated carbocycles. The number of methoxy groups -OCH3 is 1. The highest BCUT2D eigenvalue weighted by Gasteiger charge is 2.33. The van der Waals surface area contributed by atoms with Crippen LogP contribution in [0.5, 0.6) is 0 Å². The van der Waals surface area contributed by atoms with E-state index in [0.29, 0.717) is 23.5 Å². The third-order valence-corrected chi connectivity index (χ3v) is 3.92. The van der Waals surface area contributed by atoms with Crippen molar-refractivity contribution < 1.29 is 14.3 Å². The van der Waals surface area contributed by atoms with Gasteiger partial charge in [0, 0.05) is 23.8 Å². The number of terminal acetylenes is 1. The molecular weight excluding hydrogens is 250 g/mol. The Morgan fingerprint density at radius 2 is 2.39 bits per heavy atom. The summed E-state index contributed by atoms with van der Waals surface area (Å²) >= 11 is 1.41. The Morgan fingerprint density at radius 1 is 1.67 bits per heavy atom. The minimum atomic E-state index is -0.425. The van der Waals surface area contributed by atoms with Crippen molar-refractivity contribution in [1.82, 2.24) is 0 Å². The van der Waals surface area contributed by atoms with Crippen LogP contribution in [0, 0.1) is 25.2 Å². The topological polar surface area (TPSA) is 46.6 Å². The summed E-state index contributed by atoms with van der Waals surface area (Å²) in [7, 11) is 1.33. The first-order chi connectivity index (χ1) is 8.56. The first kappa shape index (κ1) is 12.7. The Labute approximate surface area is 110 Å². The van der Waals surface area contributed by atoms with Gasteiger partial charge in [0.2, 0.25) is 5.91 Å². The molecule has 1 fully saturated rings. The molecular formula is C13H13NO3S. The van der Waals surface area contributed by atoms with Crippen LogP contribution in [0.2, 0.25) is 0 Å². The van der Waals surface area contributed by atoms with E-state index < -0.39 is 5.97 Å². The molecule has 1 aromatic rings. The van der Waals surface area contributed by atoms with E-state index >= 15 is 0 Å². The number of carbonyl (C=O) groups excluding carboxylic acids is 2. The highest BCUT2D eigenvalue weighted by atomic mass is 32.1. The second-order valence-electron chi connectivity index (χ2n) is 4.14. The van der Waals surface area contributed by atoms with Crippen LogP contribution in [0.15, 0.2) is 6.07 Å². The van der Waals surface area contributed by atoms with Crippen molar-refractivity contribution in [2.75, 3.05) is 18.6 Å². The van der Waals surface area contributed by atoms with Gasteiger partial charge in [-0.05, 0) is 13.0 Å². The van der Waals surface area contributed by atoms with Gasteiger partial charge in [0.05, 0.1) is 12.7 Å². The van der Waals surface area contributed by atoms with Gasteiger partial charge in [-0.3, -0.25) is 4.79 Å². The molecule has 5 heteroatoms. The molecule has 0 bridgehead atoms. The molecule has 0 spiro atoms. The van der Waals surface area contributed by atoms with Gasteiger partial charge in [0.15, 0.2) is 0 Å². The number of hydrogen-bond donors (Lipinski definition) is 0. The lowest BCUT2D eigenvalue weighted by atomic mass is 10.1. The summed E-state index contributed by atoms with van der Waals surface area (Å²) in [5, 5.41) is 0.641. The number of esters is 1. The van der Waals surface area contributed by atoms with Gasteiger partial charge in [-0.25, -0.2) is 4.79 Å². The summed E-state index contributed by atoms with van der Waals surface area (Å²) in [4.78, 5) is 26.1. The SMILES string of the molecule is C#CC1CC(=O)N(c2sc(C)cc2C(=O)OC)C1. The summed E-state index contributed by atoms with van der Waals surface area (Å²) in [6, 6.07) is 1.74. The van der Waals surface area contributed by atoms with Crippen LogP contribution in [-0.2, 0) is 9.53 Å². The lowest BCUT2D eigenvalue weighted by Gasteiger charge is -2.15. The van der Waals surface area contributed by atoms with E-state index in [0.717, 1.165) is 4.88 Å². The standard InChI is InChI=1S/C13H13NO3S/c1-4-9-6-11(15)14(7-9)12-10(13(16)17-3)5-8(2)18-12/h1,5,9H,6-7H2,2-3H3. The zero-order valence-electron chi connectivity index (χ0n) is 10.2. The van der Waals surface area contributed by atoms with E-state index in [-0.39, 0.29) is 11.8 Å². The molecule has 4 nitrogen and oxygen atoms in total. The number of hydrogen-bond acceptors (Lipinski definition) is 4. The molecule has 2 heterocycles. The van der Waals surface area contributed by atoms with Crippen molar-refractivity contribution in [3.8, 4) is 12.3 Å². The zero-order valence-corrected chi connectivity index (χ0v) is 11.0. The lowest BCUT2D eigenvalue weighted by Crippen LogP contribution is -2.25. The van der Waals surface area contributed by atoms with Gasteiger partial charge in [0.1, 0.15) is 5.00 Å². The number of anilines is 1. The van der Waals surface area contributed by atoms with Crippen LogP contribution in [-0.4, -0.2) is 25.5 Å².